The van der Waals surface area contributed by atoms with E-state index in [1.807, 2.05) is 0 Å². The minimum Gasteiger partial charge on any atom is -0.311 e. The molecule has 0 bridgehead atoms. The third-order valence-corrected chi connectivity index (χ3v) is 3.99. The van der Waals surface area contributed by atoms with Crippen LogP contribution in [0.5, 0.6) is 0 Å². The van der Waals surface area contributed by atoms with Crippen molar-refractivity contribution in [3.8, 4) is 0 Å². The summed E-state index contributed by atoms with van der Waals surface area (Å²) in [6, 6.07) is 4.39. The van der Waals surface area contributed by atoms with Gasteiger partial charge in [-0.15, -0.1) is 0 Å². The molecule has 1 aromatic carbocycles. The van der Waals surface area contributed by atoms with E-state index in [1.54, 1.807) is 0 Å². The van der Waals surface area contributed by atoms with Crippen LogP contribution in [0, 0.1) is 10.1 Å². The SMILES string of the molecule is O=C1C=CCN(C2CCN(c3ccc([N+](=O)[O-])cc3)C2=O)C(=O)N1. The minimum absolute atomic E-state index is 0.0579. The largest absolute Gasteiger partial charge is 0.325 e. The molecule has 9 heteroatoms. The van der Waals surface area contributed by atoms with Crippen molar-refractivity contribution in [2.45, 2.75) is 12.5 Å². The highest BCUT2D eigenvalue weighted by Crippen LogP contribution is 2.26. The third kappa shape index (κ3) is 2.83. The predicted octanol–water partition coefficient (Wildman–Crippen LogP) is 0.808. The lowest BCUT2D eigenvalue weighted by atomic mass is 10.2. The van der Waals surface area contributed by atoms with E-state index in [2.05, 4.69) is 5.32 Å². The van der Waals surface area contributed by atoms with E-state index >= 15 is 0 Å². The number of carbonyl (C=O) groups is 3. The van der Waals surface area contributed by atoms with Crippen molar-refractivity contribution in [1.29, 1.82) is 0 Å². The molecule has 0 aliphatic carbocycles. The quantitative estimate of drug-likeness (QED) is 0.651. The Morgan fingerprint density at radius 2 is 1.88 bits per heavy atom. The van der Waals surface area contributed by atoms with Gasteiger partial charge in [0.05, 0.1) is 4.92 Å². The van der Waals surface area contributed by atoms with Gasteiger partial charge in [-0.25, -0.2) is 4.79 Å². The number of anilines is 1. The molecule has 2 aliphatic rings. The fourth-order valence-electron chi connectivity index (χ4n) is 2.81. The van der Waals surface area contributed by atoms with Crippen LogP contribution in [-0.4, -0.2) is 46.8 Å². The summed E-state index contributed by atoms with van der Waals surface area (Å²) in [5.41, 5.74) is 0.479. The highest BCUT2D eigenvalue weighted by molar-refractivity contribution is 6.05. The van der Waals surface area contributed by atoms with Crippen LogP contribution in [0.2, 0.25) is 0 Å². The highest BCUT2D eigenvalue weighted by Gasteiger charge is 2.39. The van der Waals surface area contributed by atoms with E-state index in [-0.39, 0.29) is 18.1 Å². The van der Waals surface area contributed by atoms with Gasteiger partial charge in [0.1, 0.15) is 6.04 Å². The monoisotopic (exact) mass is 330 g/mol. The number of benzene rings is 1. The zero-order valence-electron chi connectivity index (χ0n) is 12.5. The molecule has 4 amide bonds. The molecule has 1 N–H and O–H groups in total. The molecule has 3 rings (SSSR count). The van der Waals surface area contributed by atoms with Crippen LogP contribution in [0.4, 0.5) is 16.2 Å². The van der Waals surface area contributed by atoms with E-state index in [1.165, 1.54) is 46.2 Å². The van der Waals surface area contributed by atoms with E-state index < -0.39 is 22.9 Å². The van der Waals surface area contributed by atoms with Crippen molar-refractivity contribution in [2.75, 3.05) is 18.0 Å². The first-order valence-corrected chi connectivity index (χ1v) is 7.31. The van der Waals surface area contributed by atoms with Gasteiger partial charge >= 0.3 is 6.03 Å². The zero-order valence-corrected chi connectivity index (χ0v) is 12.5. The van der Waals surface area contributed by atoms with Gasteiger partial charge < -0.3 is 9.80 Å². The fourth-order valence-corrected chi connectivity index (χ4v) is 2.81. The molecule has 2 heterocycles. The number of nitrogens with zero attached hydrogens (tertiary/aromatic N) is 3. The molecule has 0 aromatic heterocycles. The maximum absolute atomic E-state index is 12.6. The van der Waals surface area contributed by atoms with Gasteiger partial charge in [0.15, 0.2) is 0 Å². The molecule has 0 spiro atoms. The zero-order chi connectivity index (χ0) is 17.3. The van der Waals surface area contributed by atoms with Crippen LogP contribution in [-0.2, 0) is 9.59 Å². The Kier molecular flexibility index (Phi) is 3.98. The number of hydrogen-bond donors (Lipinski definition) is 1. The second-order valence-electron chi connectivity index (χ2n) is 5.42. The number of nitrogens with one attached hydrogen (secondary N) is 1. The van der Waals surface area contributed by atoms with Crippen molar-refractivity contribution in [3.63, 3.8) is 0 Å². The Hall–Kier alpha value is -3.23. The number of carbonyl (C=O) groups excluding carboxylic acids is 3. The number of rotatable bonds is 3. The van der Waals surface area contributed by atoms with Gasteiger partial charge in [-0.3, -0.25) is 25.0 Å². The second kappa shape index (κ2) is 6.11. The molecule has 1 saturated heterocycles. The normalized spacial score (nSPS) is 21.0. The molecule has 1 unspecified atom stereocenters. The van der Waals surface area contributed by atoms with Crippen molar-refractivity contribution in [2.24, 2.45) is 0 Å². The van der Waals surface area contributed by atoms with Crippen LogP contribution in [0.25, 0.3) is 0 Å². The number of imide groups is 1. The Bertz CT molecular complexity index is 743. The minimum atomic E-state index is -0.671. The van der Waals surface area contributed by atoms with E-state index in [0.717, 1.165) is 0 Å². The summed E-state index contributed by atoms with van der Waals surface area (Å²) in [6.07, 6.45) is 3.21. The second-order valence-corrected chi connectivity index (χ2v) is 5.42. The lowest BCUT2D eigenvalue weighted by molar-refractivity contribution is -0.384. The lowest BCUT2D eigenvalue weighted by Gasteiger charge is -2.25. The summed E-state index contributed by atoms with van der Waals surface area (Å²) >= 11 is 0. The van der Waals surface area contributed by atoms with Gasteiger partial charge in [-0.2, -0.15) is 0 Å². The van der Waals surface area contributed by atoms with Crippen LogP contribution in [0.1, 0.15) is 6.42 Å². The van der Waals surface area contributed by atoms with Crippen molar-refractivity contribution < 1.29 is 19.3 Å². The summed E-state index contributed by atoms with van der Waals surface area (Å²) in [5.74, 6) is -0.790. The molecule has 1 fully saturated rings. The lowest BCUT2D eigenvalue weighted by Crippen LogP contribution is -2.49. The molecular weight excluding hydrogens is 316 g/mol. The Labute approximate surface area is 136 Å². The van der Waals surface area contributed by atoms with Gasteiger partial charge in [-0.05, 0) is 18.6 Å². The fraction of sp³-hybridized carbons (Fsp3) is 0.267. The van der Waals surface area contributed by atoms with Crippen LogP contribution in [0.3, 0.4) is 0 Å². The molecule has 1 aromatic rings. The summed E-state index contributed by atoms with van der Waals surface area (Å²) in [4.78, 5) is 48.9. The molecule has 9 nitrogen and oxygen atoms in total. The van der Waals surface area contributed by atoms with E-state index in [4.69, 9.17) is 0 Å². The van der Waals surface area contributed by atoms with Crippen LogP contribution in [0.15, 0.2) is 36.4 Å². The van der Waals surface area contributed by atoms with E-state index in [0.29, 0.717) is 18.7 Å². The smallest absolute Gasteiger partial charge is 0.311 e. The Balaban J connectivity index is 1.77. The van der Waals surface area contributed by atoms with Gasteiger partial charge in [-0.1, -0.05) is 6.08 Å². The molecule has 0 radical (unpaired) electrons. The average Bonchev–Trinajstić information content (AvgIpc) is 2.84. The summed E-state index contributed by atoms with van der Waals surface area (Å²) in [7, 11) is 0. The van der Waals surface area contributed by atoms with Gasteiger partial charge in [0.25, 0.3) is 11.6 Å². The molecule has 2 aliphatic heterocycles. The number of non-ortho nitro benzene ring substituents is 1. The van der Waals surface area contributed by atoms with Crippen molar-refractivity contribution in [3.05, 3.63) is 46.5 Å². The predicted molar refractivity (Wildman–Crippen MR) is 83.2 cm³/mol. The summed E-state index contributed by atoms with van der Waals surface area (Å²) in [5, 5.41) is 12.9. The number of hydrogen-bond acceptors (Lipinski definition) is 5. The first-order valence-electron chi connectivity index (χ1n) is 7.31. The Morgan fingerprint density at radius 3 is 2.54 bits per heavy atom. The maximum Gasteiger partial charge on any atom is 0.325 e. The highest BCUT2D eigenvalue weighted by atomic mass is 16.6. The topological polar surface area (TPSA) is 113 Å². The van der Waals surface area contributed by atoms with Crippen molar-refractivity contribution >= 4 is 29.2 Å². The average molecular weight is 330 g/mol. The molecular formula is C15H14N4O5. The standard InChI is InChI=1S/C15H14N4O5/c20-13-2-1-8-18(15(22)16-13)12-7-9-17(14(12)21)10-3-5-11(6-4-10)19(23)24/h1-6,12H,7-9H2,(H,16,20,22). The van der Waals surface area contributed by atoms with Crippen molar-refractivity contribution in [1.82, 2.24) is 10.2 Å². The number of amides is 4. The molecule has 24 heavy (non-hydrogen) atoms. The summed E-state index contributed by atoms with van der Waals surface area (Å²) < 4.78 is 0. The summed E-state index contributed by atoms with van der Waals surface area (Å²) in [6.45, 7) is 0.560. The van der Waals surface area contributed by atoms with Crippen LogP contribution >= 0.6 is 0 Å². The third-order valence-electron chi connectivity index (χ3n) is 3.99. The first-order chi connectivity index (χ1) is 11.5. The molecule has 1 atom stereocenters. The number of nitro benzene ring substituents is 1. The van der Waals surface area contributed by atoms with Gasteiger partial charge in [0, 0.05) is 37.0 Å². The number of urea groups is 1. The number of nitro groups is 1. The molecule has 124 valence electrons. The maximum atomic E-state index is 12.6. The van der Waals surface area contributed by atoms with E-state index in [9.17, 15) is 24.5 Å². The Morgan fingerprint density at radius 1 is 1.17 bits per heavy atom. The molecule has 0 saturated carbocycles. The first kappa shape index (κ1) is 15.7. The van der Waals surface area contributed by atoms with Crippen LogP contribution < -0.4 is 10.2 Å². The van der Waals surface area contributed by atoms with Gasteiger partial charge in [0.2, 0.25) is 5.91 Å².